The Morgan fingerprint density at radius 3 is 2.10 bits per heavy atom. The smallest absolute Gasteiger partial charge is 0.303 e. The third kappa shape index (κ3) is 7.26. The Morgan fingerprint density at radius 2 is 1.55 bits per heavy atom. The molecule has 2 aromatic carbocycles. The molecule has 0 heterocycles. The summed E-state index contributed by atoms with van der Waals surface area (Å²) in [5, 5.41) is 24.1. The van der Waals surface area contributed by atoms with E-state index in [-0.39, 0.29) is 30.3 Å². The molecule has 2 rings (SSSR count). The van der Waals surface area contributed by atoms with Gasteiger partial charge in [0.2, 0.25) is 11.8 Å². The van der Waals surface area contributed by atoms with Crippen LogP contribution >= 0.6 is 11.8 Å². The van der Waals surface area contributed by atoms with E-state index < -0.39 is 16.1 Å². The Kier molecular flexibility index (Phi) is 7.72. The number of nitrogens with one attached hydrogen (secondary N) is 2. The number of hydrogen-bond donors (Lipinski definition) is 3. The number of amides is 2. The number of benzene rings is 2. The Hall–Kier alpha value is -3.40. The number of carboxylic acid groups (broad SMARTS) is 1. The highest BCUT2D eigenvalue weighted by atomic mass is 32.2. The summed E-state index contributed by atoms with van der Waals surface area (Å²) < 4.78 is 0. The largest absolute Gasteiger partial charge is 0.481 e. The number of nitrogens with zero attached hydrogens (tertiary/aromatic N) is 1. The summed E-state index contributed by atoms with van der Waals surface area (Å²) >= 11 is 1.31. The molecular formula is C19H19N3O6S. The topological polar surface area (TPSA) is 139 Å². The lowest BCUT2D eigenvalue weighted by atomic mass is 10.2. The van der Waals surface area contributed by atoms with Crippen molar-refractivity contribution in [1.29, 1.82) is 0 Å². The van der Waals surface area contributed by atoms with E-state index in [2.05, 4.69) is 10.6 Å². The van der Waals surface area contributed by atoms with Crippen LogP contribution in [0.5, 0.6) is 0 Å². The molecule has 0 fully saturated rings. The van der Waals surface area contributed by atoms with Crippen molar-refractivity contribution in [3.63, 3.8) is 0 Å². The highest BCUT2D eigenvalue weighted by Gasteiger charge is 2.15. The Morgan fingerprint density at radius 1 is 1.00 bits per heavy atom. The van der Waals surface area contributed by atoms with Gasteiger partial charge in [0.15, 0.2) is 0 Å². The van der Waals surface area contributed by atoms with E-state index >= 15 is 0 Å². The predicted octanol–water partition coefficient (Wildman–Crippen LogP) is 3.52. The maximum Gasteiger partial charge on any atom is 0.303 e. The van der Waals surface area contributed by atoms with Gasteiger partial charge in [-0.25, -0.2) is 0 Å². The van der Waals surface area contributed by atoms with Gasteiger partial charge in [0, 0.05) is 34.8 Å². The molecule has 1 unspecified atom stereocenters. The fourth-order valence-electron chi connectivity index (χ4n) is 2.23. The molecule has 0 saturated heterocycles. The molecule has 3 N–H and O–H groups in total. The SMILES string of the molecule is CC(Sc1ccc(NC(=O)CCC(=O)O)cc1)C(=O)Nc1ccc([N+](=O)[O-])cc1. The lowest BCUT2D eigenvalue weighted by Gasteiger charge is -2.12. The number of nitro groups is 1. The Bertz CT molecular complexity index is 899. The summed E-state index contributed by atoms with van der Waals surface area (Å²) in [5.41, 5.74) is 0.945. The van der Waals surface area contributed by atoms with E-state index in [1.54, 1.807) is 31.2 Å². The second-order valence-electron chi connectivity index (χ2n) is 6.02. The number of aliphatic carboxylic acids is 1. The van der Waals surface area contributed by atoms with Crippen molar-refractivity contribution in [2.75, 3.05) is 10.6 Å². The van der Waals surface area contributed by atoms with E-state index in [4.69, 9.17) is 5.11 Å². The molecule has 0 spiro atoms. The molecule has 0 saturated carbocycles. The number of anilines is 2. The number of carbonyl (C=O) groups is 3. The second-order valence-corrected chi connectivity index (χ2v) is 7.43. The van der Waals surface area contributed by atoms with Crippen molar-refractivity contribution in [2.24, 2.45) is 0 Å². The highest BCUT2D eigenvalue weighted by molar-refractivity contribution is 8.00. The first-order valence-electron chi connectivity index (χ1n) is 8.58. The van der Waals surface area contributed by atoms with Crippen LogP contribution in [-0.2, 0) is 14.4 Å². The van der Waals surface area contributed by atoms with Gasteiger partial charge in [-0.2, -0.15) is 0 Å². The van der Waals surface area contributed by atoms with Crippen molar-refractivity contribution in [3.8, 4) is 0 Å². The maximum atomic E-state index is 12.3. The summed E-state index contributed by atoms with van der Waals surface area (Å²) in [6.45, 7) is 1.73. The molecule has 2 amide bonds. The van der Waals surface area contributed by atoms with Crippen molar-refractivity contribution in [3.05, 3.63) is 58.6 Å². The lowest BCUT2D eigenvalue weighted by Crippen LogP contribution is -2.22. The summed E-state index contributed by atoms with van der Waals surface area (Å²) in [5.74, 6) is -1.67. The minimum absolute atomic E-state index is 0.0550. The third-order valence-corrected chi connectivity index (χ3v) is 4.84. The monoisotopic (exact) mass is 417 g/mol. The van der Waals surface area contributed by atoms with Crippen molar-refractivity contribution in [1.82, 2.24) is 0 Å². The molecule has 1 atom stereocenters. The molecule has 0 radical (unpaired) electrons. The number of carboxylic acids is 1. The van der Waals surface area contributed by atoms with E-state index in [1.807, 2.05) is 0 Å². The Labute approximate surface area is 170 Å². The lowest BCUT2D eigenvalue weighted by molar-refractivity contribution is -0.384. The van der Waals surface area contributed by atoms with Gasteiger partial charge >= 0.3 is 5.97 Å². The molecule has 0 aromatic heterocycles. The molecule has 29 heavy (non-hydrogen) atoms. The average Bonchev–Trinajstić information content (AvgIpc) is 2.68. The van der Waals surface area contributed by atoms with Gasteiger partial charge in [-0.15, -0.1) is 11.8 Å². The van der Waals surface area contributed by atoms with Crippen LogP contribution in [0.25, 0.3) is 0 Å². The molecule has 2 aromatic rings. The van der Waals surface area contributed by atoms with Crippen molar-refractivity contribution >= 4 is 46.6 Å². The summed E-state index contributed by atoms with van der Waals surface area (Å²) in [7, 11) is 0. The zero-order valence-electron chi connectivity index (χ0n) is 15.5. The second kappa shape index (κ2) is 10.2. The van der Waals surface area contributed by atoms with E-state index in [0.717, 1.165) is 4.90 Å². The summed E-state index contributed by atoms with van der Waals surface area (Å²) in [4.78, 5) is 45.4. The Balaban J connectivity index is 1.86. The number of thioether (sulfide) groups is 1. The maximum absolute atomic E-state index is 12.3. The van der Waals surface area contributed by atoms with Gasteiger partial charge in [-0.1, -0.05) is 0 Å². The fourth-order valence-corrected chi connectivity index (χ4v) is 3.10. The van der Waals surface area contributed by atoms with Crippen molar-refractivity contribution in [2.45, 2.75) is 29.9 Å². The first-order chi connectivity index (χ1) is 13.7. The molecule has 0 bridgehead atoms. The molecule has 9 nitrogen and oxygen atoms in total. The average molecular weight is 417 g/mol. The minimum Gasteiger partial charge on any atom is -0.481 e. The third-order valence-electron chi connectivity index (χ3n) is 3.73. The van der Waals surface area contributed by atoms with Gasteiger partial charge in [-0.05, 0) is 43.3 Å². The van der Waals surface area contributed by atoms with Gasteiger partial charge < -0.3 is 15.7 Å². The molecule has 152 valence electrons. The predicted molar refractivity (Wildman–Crippen MR) is 109 cm³/mol. The van der Waals surface area contributed by atoms with E-state index in [0.29, 0.717) is 11.4 Å². The van der Waals surface area contributed by atoms with Crippen LogP contribution in [-0.4, -0.2) is 33.1 Å². The zero-order valence-corrected chi connectivity index (χ0v) is 16.3. The number of non-ortho nitro benzene ring substituents is 1. The summed E-state index contributed by atoms with van der Waals surface area (Å²) in [6.07, 6.45) is -0.340. The van der Waals surface area contributed by atoms with Crippen LogP contribution in [0.4, 0.5) is 17.1 Å². The molecule has 0 aliphatic heterocycles. The molecule has 0 aliphatic carbocycles. The van der Waals surface area contributed by atoms with E-state index in [1.165, 1.54) is 36.0 Å². The number of rotatable bonds is 9. The van der Waals surface area contributed by atoms with Gasteiger partial charge in [0.25, 0.3) is 5.69 Å². The quantitative estimate of drug-likeness (QED) is 0.322. The molecular weight excluding hydrogens is 398 g/mol. The van der Waals surface area contributed by atoms with Crippen LogP contribution < -0.4 is 10.6 Å². The first-order valence-corrected chi connectivity index (χ1v) is 9.46. The van der Waals surface area contributed by atoms with E-state index in [9.17, 15) is 24.5 Å². The van der Waals surface area contributed by atoms with Crippen molar-refractivity contribution < 1.29 is 24.4 Å². The van der Waals surface area contributed by atoms with Crippen LogP contribution in [0.1, 0.15) is 19.8 Å². The molecule has 0 aliphatic rings. The normalized spacial score (nSPS) is 11.3. The number of nitro benzene ring substituents is 1. The highest BCUT2D eigenvalue weighted by Crippen LogP contribution is 2.26. The standard InChI is InChI=1S/C19H19N3O6S/c1-12(19(26)21-14-2-6-15(7-3-14)22(27)28)29-16-8-4-13(5-9-16)20-17(23)10-11-18(24)25/h2-9,12H,10-11H2,1H3,(H,20,23)(H,21,26)(H,24,25). The number of carbonyl (C=O) groups excluding carboxylic acids is 2. The fraction of sp³-hybridized carbons (Fsp3) is 0.211. The summed E-state index contributed by atoms with van der Waals surface area (Å²) in [6, 6.07) is 12.4. The van der Waals surface area contributed by atoms with Crippen LogP contribution in [0.2, 0.25) is 0 Å². The minimum atomic E-state index is -1.03. The molecule has 10 heteroatoms. The van der Waals surface area contributed by atoms with Crippen LogP contribution in [0.15, 0.2) is 53.4 Å². The number of hydrogen-bond acceptors (Lipinski definition) is 6. The van der Waals surface area contributed by atoms with Gasteiger partial charge in [-0.3, -0.25) is 24.5 Å². The van der Waals surface area contributed by atoms with Gasteiger partial charge in [0.1, 0.15) is 0 Å². The zero-order chi connectivity index (χ0) is 21.4. The van der Waals surface area contributed by atoms with Gasteiger partial charge in [0.05, 0.1) is 16.6 Å². The van der Waals surface area contributed by atoms with Crippen LogP contribution in [0.3, 0.4) is 0 Å². The van der Waals surface area contributed by atoms with Crippen LogP contribution in [0, 0.1) is 10.1 Å². The first kappa shape index (κ1) is 21.9.